The van der Waals surface area contributed by atoms with Crippen LogP contribution in [0.5, 0.6) is 0 Å². The van der Waals surface area contributed by atoms with E-state index in [1.165, 1.54) is 0 Å². The van der Waals surface area contributed by atoms with Crippen molar-refractivity contribution >= 4 is 111 Å². The van der Waals surface area contributed by atoms with Crippen molar-refractivity contribution in [2.75, 3.05) is 0 Å². The summed E-state index contributed by atoms with van der Waals surface area (Å²) in [6.07, 6.45) is 7.28. The Labute approximate surface area is 588 Å². The van der Waals surface area contributed by atoms with Gasteiger partial charge in [0.15, 0.2) is 24.8 Å². The number of benzene rings is 8. The fraction of sp³-hybridized carbons (Fsp3) is 0.182. The first-order valence-electron chi connectivity index (χ1n) is 34.9. The molecule has 0 bridgehead atoms. The summed E-state index contributed by atoms with van der Waals surface area (Å²) in [4.78, 5) is 14.6. The third kappa shape index (κ3) is 11.5. The lowest BCUT2D eigenvalue weighted by molar-refractivity contribution is -0.660. The molecule has 12 heteroatoms. The first kappa shape index (κ1) is 61.1. The maximum absolute atomic E-state index is 8.03. The maximum atomic E-state index is 8.03. The van der Waals surface area contributed by atoms with E-state index >= 15 is 0 Å². The average Bonchev–Trinajstić information content (AvgIpc) is 1.57. The van der Waals surface area contributed by atoms with Gasteiger partial charge in [-0.3, -0.25) is 0 Å². The van der Waals surface area contributed by atoms with Crippen LogP contribution in [0.4, 0.5) is 22.7 Å². The van der Waals surface area contributed by atoms with Crippen molar-refractivity contribution in [3.63, 3.8) is 0 Å². The number of rotatable bonds is 4. The van der Waals surface area contributed by atoms with Gasteiger partial charge in [-0.2, -0.15) is 0 Å². The van der Waals surface area contributed by atoms with E-state index in [4.69, 9.17) is 49.4 Å². The molecule has 12 nitrogen and oxygen atoms in total. The lowest BCUT2D eigenvalue weighted by Crippen LogP contribution is -2.30. The molecule has 0 radical (unpaired) electrons. The molecule has 16 rings (SSSR count). The van der Waals surface area contributed by atoms with Crippen LogP contribution in [0.2, 0.25) is 0 Å². The molecule has 8 aromatic carbocycles. The van der Waals surface area contributed by atoms with Crippen molar-refractivity contribution < 1.29 is 41.4 Å². The maximum Gasteiger partial charge on any atom is 0.232 e. The predicted octanol–water partition coefficient (Wildman–Crippen LogP) is 22.2. The number of para-hydroxylation sites is 1. The van der Waals surface area contributed by atoms with E-state index in [1.807, 2.05) is 186 Å². The molecule has 0 N–H and O–H groups in total. The molecule has 8 heterocycles. The largest absolute Gasteiger partial charge is 0.466 e. The van der Waals surface area contributed by atoms with Gasteiger partial charge in [0, 0.05) is 91.5 Å². The van der Waals surface area contributed by atoms with Gasteiger partial charge in [0.05, 0.1) is 54.0 Å². The van der Waals surface area contributed by atoms with Crippen molar-refractivity contribution in [3.8, 4) is 45.0 Å². The van der Waals surface area contributed by atoms with Crippen LogP contribution in [-0.2, 0) is 28.2 Å². The van der Waals surface area contributed by atoms with E-state index in [1.54, 1.807) is 6.07 Å². The average molecular weight is 1310 g/mol. The summed E-state index contributed by atoms with van der Waals surface area (Å²) < 4.78 is 65.0. The van der Waals surface area contributed by atoms with Gasteiger partial charge in [0.25, 0.3) is 0 Å². The SMILES string of the molecule is [2H]c1c[n+](C)c(-c2c(C)cc(C)c3c2oc2c([N+]#[C-])cccc23)cc1C.[2H]c1c[n+](C)c(-c2c(C)ccc3c2oc2c([N+]#[C-])c(C)ccc23)cc1C.[2H]c1c[n+](C)c(-c2c(C)ccc3c2oc2c([N+]#[C-])cc(C)cc23)cc1C.[2H]c1c[n+](C)c(-c2c(C)ccc3c2oc2c([N+]#[C-])ccc(C)c23)cc1C. The topological polar surface area (TPSA) is 85.5 Å². The molecule has 0 aliphatic carbocycles. The number of aromatic nitrogens is 4. The third-order valence-corrected chi connectivity index (χ3v) is 19.0. The summed E-state index contributed by atoms with van der Waals surface area (Å²) in [5.41, 5.74) is 28.3. The predicted molar refractivity (Wildman–Crippen MR) is 403 cm³/mol. The number of furan rings is 4. The minimum atomic E-state index is 0.511. The van der Waals surface area contributed by atoms with Crippen LogP contribution in [0.15, 0.2) is 188 Å². The second-order valence-corrected chi connectivity index (χ2v) is 26.3. The van der Waals surface area contributed by atoms with E-state index in [0.29, 0.717) is 69.3 Å². The third-order valence-electron chi connectivity index (χ3n) is 19.0. The summed E-state index contributed by atoms with van der Waals surface area (Å²) in [5, 5.41) is 8.03. The van der Waals surface area contributed by atoms with Crippen molar-refractivity contribution in [1.29, 1.82) is 0 Å². The van der Waals surface area contributed by atoms with E-state index < -0.39 is 0 Å². The fourth-order valence-electron chi connectivity index (χ4n) is 13.9. The van der Waals surface area contributed by atoms with Crippen LogP contribution in [0.1, 0.15) is 72.2 Å². The minimum absolute atomic E-state index is 0.511. The monoisotopic (exact) mass is 1310 g/mol. The van der Waals surface area contributed by atoms with E-state index in [-0.39, 0.29) is 0 Å². The lowest BCUT2D eigenvalue weighted by atomic mass is 9.96. The minimum Gasteiger partial charge on any atom is -0.466 e. The molecule has 0 saturated carbocycles. The summed E-state index contributed by atoms with van der Waals surface area (Å²) in [7, 11) is 7.79. The highest BCUT2D eigenvalue weighted by Crippen LogP contribution is 2.46. The smallest absolute Gasteiger partial charge is 0.232 e. The van der Waals surface area contributed by atoms with Crippen LogP contribution in [0.3, 0.4) is 0 Å². The number of fused-ring (bicyclic) bond motifs is 12. The van der Waals surface area contributed by atoms with E-state index in [9.17, 15) is 0 Å². The highest BCUT2D eigenvalue weighted by atomic mass is 16.3. The van der Waals surface area contributed by atoms with Gasteiger partial charge in [-0.25, -0.2) is 37.6 Å². The zero-order valence-corrected chi connectivity index (χ0v) is 59.1. The van der Waals surface area contributed by atoms with E-state index in [0.717, 1.165) is 177 Å². The molecule has 0 spiro atoms. The Morgan fingerprint density at radius 1 is 0.290 bits per heavy atom. The Hall–Kier alpha value is -12.5. The van der Waals surface area contributed by atoms with Crippen LogP contribution in [-0.4, -0.2) is 0 Å². The van der Waals surface area contributed by atoms with Crippen LogP contribution >= 0.6 is 0 Å². The summed E-state index contributed by atoms with van der Waals surface area (Å²) in [6.45, 7) is 54.0. The van der Waals surface area contributed by atoms with Gasteiger partial charge >= 0.3 is 0 Å². The zero-order valence-electron chi connectivity index (χ0n) is 63.1. The standard InChI is InChI=1S/4C22H19N2O/c1-13-10-11-24(5)18(12-13)20-15(3)6-8-16-19-14(2)7-9-17(23-4)22(19)25-21(16)20;1-13-10-11-24(5)18(12-13)19-14(2)6-8-16-17-9-7-15(3)20(23-4)22(17)25-21(16)19;1-13-8-9-24(5)19(12-13)20-15(3)6-7-16-17-10-14(2)11-18(23-4)21(17)25-22(16)20;1-13-9-10-24(5)18(11-13)20-15(3)12-14(2)19-16-7-6-8-17(23-4)21(16)25-22(19)20/h4*6-12H,1-3,5H3/q4*+1/i2*10D;8D;9D. The van der Waals surface area contributed by atoms with Gasteiger partial charge in [-0.15, -0.1) is 0 Å². The molecule has 0 unspecified atom stereocenters. The first-order valence-corrected chi connectivity index (χ1v) is 32.9. The van der Waals surface area contributed by atoms with Gasteiger partial charge < -0.3 is 17.7 Å². The molecule has 0 saturated heterocycles. The second-order valence-electron chi connectivity index (χ2n) is 26.3. The van der Waals surface area contributed by atoms with Crippen molar-refractivity contribution in [1.82, 2.24) is 0 Å². The number of hydrogen-bond acceptors (Lipinski definition) is 4. The molecule has 0 aliphatic rings. The first-order chi connectivity index (χ1) is 49.7. The molecule has 0 fully saturated rings. The number of nitrogens with zero attached hydrogens (tertiary/aromatic N) is 8. The highest BCUT2D eigenvalue weighted by Gasteiger charge is 2.28. The Morgan fingerprint density at radius 2 is 0.660 bits per heavy atom. The number of aryl methyl sites for hydroxylation is 16. The van der Waals surface area contributed by atoms with Crippen LogP contribution < -0.4 is 18.3 Å². The summed E-state index contributed by atoms with van der Waals surface area (Å²) >= 11 is 0. The van der Waals surface area contributed by atoms with Crippen molar-refractivity contribution in [2.24, 2.45) is 28.2 Å². The van der Waals surface area contributed by atoms with Gasteiger partial charge in [-0.1, -0.05) is 96.6 Å². The highest BCUT2D eigenvalue weighted by molar-refractivity contribution is 6.17. The molecule has 100 heavy (non-hydrogen) atoms. The number of hydrogen-bond donors (Lipinski definition) is 0. The van der Waals surface area contributed by atoms with Crippen molar-refractivity contribution in [3.05, 3.63) is 283 Å². The van der Waals surface area contributed by atoms with Crippen molar-refractivity contribution in [2.45, 2.75) is 83.1 Å². The normalized spacial score (nSPS) is 11.7. The molecule has 0 aliphatic heterocycles. The van der Waals surface area contributed by atoms with E-state index in [2.05, 4.69) is 103 Å². The summed E-state index contributed by atoms with van der Waals surface area (Å²) in [6, 6.07) is 42.3. The molecule has 488 valence electrons. The molecule has 16 aromatic rings. The van der Waals surface area contributed by atoms with Crippen LogP contribution in [0, 0.1) is 109 Å². The Morgan fingerprint density at radius 3 is 1.15 bits per heavy atom. The Bertz CT molecular complexity index is 6490. The molecule has 0 amide bonds. The Balaban J connectivity index is 0.000000123. The molecule has 8 aromatic heterocycles. The molecular formula is C88H76N8O4+4. The summed E-state index contributed by atoms with van der Waals surface area (Å²) in [5.74, 6) is 0. The molecular weight excluding hydrogens is 1230 g/mol. The Kier molecular flexibility index (Phi) is 16.0. The van der Waals surface area contributed by atoms with Gasteiger partial charge in [0.1, 0.15) is 72.9 Å². The quantitative estimate of drug-likeness (QED) is 0.130. The number of pyridine rings is 4. The van der Waals surface area contributed by atoms with Crippen LogP contribution in [0.25, 0.3) is 152 Å². The van der Waals surface area contributed by atoms with Gasteiger partial charge in [0.2, 0.25) is 45.5 Å². The second kappa shape index (κ2) is 26.2. The molecule has 0 atom stereocenters. The lowest BCUT2D eigenvalue weighted by Gasteiger charge is -2.08. The fourth-order valence-corrected chi connectivity index (χ4v) is 13.9. The zero-order chi connectivity index (χ0) is 74.3. The van der Waals surface area contributed by atoms with Gasteiger partial charge in [-0.05, 0) is 150 Å².